The third-order valence-corrected chi connectivity index (χ3v) is 3.98. The fourth-order valence-corrected chi connectivity index (χ4v) is 2.73. The molecule has 1 aromatic heterocycles. The van der Waals surface area contributed by atoms with Gasteiger partial charge in [0.25, 0.3) is 0 Å². The minimum Gasteiger partial charge on any atom is -0.444 e. The number of hydrogen-bond donors (Lipinski definition) is 0. The zero-order valence-electron chi connectivity index (χ0n) is 15.0. The molecule has 1 amide bonds. The number of benzene rings is 1. The van der Waals surface area contributed by atoms with Crippen molar-refractivity contribution in [3.63, 3.8) is 0 Å². The van der Waals surface area contributed by atoms with Crippen LogP contribution in [0.4, 0.5) is 10.6 Å². The van der Waals surface area contributed by atoms with Gasteiger partial charge < -0.3 is 14.5 Å². The maximum atomic E-state index is 12.2. The van der Waals surface area contributed by atoms with Gasteiger partial charge in [-0.15, -0.1) is 0 Å². The fourth-order valence-electron chi connectivity index (χ4n) is 2.73. The van der Waals surface area contributed by atoms with E-state index >= 15 is 0 Å². The molecule has 0 radical (unpaired) electrons. The zero-order valence-corrected chi connectivity index (χ0v) is 15.0. The smallest absolute Gasteiger partial charge is 0.410 e. The Kier molecular flexibility index (Phi) is 4.88. The quantitative estimate of drug-likeness (QED) is 0.840. The van der Waals surface area contributed by atoms with E-state index < -0.39 is 5.60 Å². The Hall–Kier alpha value is -2.63. The molecule has 6 heteroatoms. The first-order chi connectivity index (χ1) is 11.9. The van der Waals surface area contributed by atoms with Crippen molar-refractivity contribution in [2.24, 2.45) is 0 Å². The van der Waals surface area contributed by atoms with Crippen LogP contribution in [0.15, 0.2) is 42.7 Å². The lowest BCUT2D eigenvalue weighted by Gasteiger charge is -2.36. The summed E-state index contributed by atoms with van der Waals surface area (Å²) < 4.78 is 5.44. The van der Waals surface area contributed by atoms with E-state index in [9.17, 15) is 4.79 Å². The summed E-state index contributed by atoms with van der Waals surface area (Å²) in [5.41, 5.74) is 1.50. The molecule has 1 saturated heterocycles. The zero-order chi connectivity index (χ0) is 17.9. The summed E-state index contributed by atoms with van der Waals surface area (Å²) in [4.78, 5) is 24.8. The van der Waals surface area contributed by atoms with Gasteiger partial charge in [-0.1, -0.05) is 30.3 Å². The first-order valence-electron chi connectivity index (χ1n) is 8.53. The third kappa shape index (κ3) is 4.47. The number of piperazine rings is 1. The lowest BCUT2D eigenvalue weighted by Crippen LogP contribution is -2.50. The van der Waals surface area contributed by atoms with Gasteiger partial charge in [0.2, 0.25) is 0 Å². The monoisotopic (exact) mass is 340 g/mol. The van der Waals surface area contributed by atoms with Crippen LogP contribution in [0.25, 0.3) is 11.3 Å². The molecular formula is C19H24N4O2. The average molecular weight is 340 g/mol. The van der Waals surface area contributed by atoms with Gasteiger partial charge in [0.1, 0.15) is 17.7 Å². The molecule has 0 spiro atoms. The highest BCUT2D eigenvalue weighted by Crippen LogP contribution is 2.21. The maximum absolute atomic E-state index is 12.2. The summed E-state index contributed by atoms with van der Waals surface area (Å²) >= 11 is 0. The molecule has 6 nitrogen and oxygen atoms in total. The fraction of sp³-hybridized carbons (Fsp3) is 0.421. The number of hydrogen-bond acceptors (Lipinski definition) is 5. The number of rotatable bonds is 2. The number of nitrogens with zero attached hydrogens (tertiary/aromatic N) is 4. The molecule has 1 fully saturated rings. The molecule has 3 rings (SSSR count). The second-order valence-electron chi connectivity index (χ2n) is 7.08. The minimum atomic E-state index is -0.467. The standard InChI is InChI=1S/C19H24N4O2/c1-19(2,3)25-18(24)23-11-9-22(10-12-23)17-13-16(20-14-21-17)15-7-5-4-6-8-15/h4-8,13-14H,9-12H2,1-3H3. The molecule has 2 heterocycles. The molecule has 25 heavy (non-hydrogen) atoms. The second-order valence-corrected chi connectivity index (χ2v) is 7.08. The number of amides is 1. The van der Waals surface area contributed by atoms with E-state index in [0.717, 1.165) is 30.2 Å². The van der Waals surface area contributed by atoms with Crippen molar-refractivity contribution in [2.45, 2.75) is 26.4 Å². The van der Waals surface area contributed by atoms with Gasteiger partial charge in [-0.05, 0) is 20.8 Å². The Balaban J connectivity index is 1.65. The van der Waals surface area contributed by atoms with Crippen LogP contribution in [0.2, 0.25) is 0 Å². The Morgan fingerprint density at radius 2 is 1.72 bits per heavy atom. The predicted octanol–water partition coefficient (Wildman–Crippen LogP) is 3.20. The van der Waals surface area contributed by atoms with Gasteiger partial charge >= 0.3 is 6.09 Å². The van der Waals surface area contributed by atoms with Crippen LogP contribution in [0, 0.1) is 0 Å². The highest BCUT2D eigenvalue weighted by atomic mass is 16.6. The second kappa shape index (κ2) is 7.09. The lowest BCUT2D eigenvalue weighted by molar-refractivity contribution is 0.0240. The molecule has 132 valence electrons. The van der Waals surface area contributed by atoms with Gasteiger partial charge in [-0.3, -0.25) is 0 Å². The SMILES string of the molecule is CC(C)(C)OC(=O)N1CCN(c2cc(-c3ccccc3)ncn2)CC1. The summed E-state index contributed by atoms with van der Waals surface area (Å²) in [6.45, 7) is 8.35. The molecule has 1 aromatic carbocycles. The van der Waals surface area contributed by atoms with Crippen molar-refractivity contribution >= 4 is 11.9 Å². The first-order valence-corrected chi connectivity index (χ1v) is 8.53. The highest BCUT2D eigenvalue weighted by molar-refractivity contribution is 5.69. The Morgan fingerprint density at radius 3 is 2.36 bits per heavy atom. The molecule has 1 aliphatic heterocycles. The van der Waals surface area contributed by atoms with Gasteiger partial charge in [0, 0.05) is 37.8 Å². The van der Waals surface area contributed by atoms with Crippen LogP contribution in [-0.4, -0.2) is 52.7 Å². The minimum absolute atomic E-state index is 0.250. The van der Waals surface area contributed by atoms with Crippen molar-refractivity contribution in [1.82, 2.24) is 14.9 Å². The van der Waals surface area contributed by atoms with Crippen LogP contribution in [-0.2, 0) is 4.74 Å². The maximum Gasteiger partial charge on any atom is 0.410 e. The van der Waals surface area contributed by atoms with Gasteiger partial charge in [-0.25, -0.2) is 14.8 Å². The van der Waals surface area contributed by atoms with E-state index in [1.165, 1.54) is 0 Å². The van der Waals surface area contributed by atoms with E-state index in [2.05, 4.69) is 14.9 Å². The summed E-state index contributed by atoms with van der Waals surface area (Å²) in [5, 5.41) is 0. The van der Waals surface area contributed by atoms with Crippen LogP contribution >= 0.6 is 0 Å². The molecular weight excluding hydrogens is 316 g/mol. The van der Waals surface area contributed by atoms with Crippen molar-refractivity contribution in [2.75, 3.05) is 31.1 Å². The van der Waals surface area contributed by atoms with Gasteiger partial charge in [-0.2, -0.15) is 0 Å². The predicted molar refractivity (Wildman–Crippen MR) is 97.5 cm³/mol. The lowest BCUT2D eigenvalue weighted by atomic mass is 10.1. The van der Waals surface area contributed by atoms with E-state index in [1.54, 1.807) is 11.2 Å². The first kappa shape index (κ1) is 17.2. The molecule has 2 aromatic rings. The number of aromatic nitrogens is 2. The van der Waals surface area contributed by atoms with E-state index in [0.29, 0.717) is 13.1 Å². The van der Waals surface area contributed by atoms with E-state index in [4.69, 9.17) is 4.74 Å². The molecule has 0 saturated carbocycles. The number of carbonyl (C=O) groups is 1. The van der Waals surface area contributed by atoms with Crippen LogP contribution in [0.5, 0.6) is 0 Å². The molecule has 0 atom stereocenters. The van der Waals surface area contributed by atoms with Crippen LogP contribution < -0.4 is 4.90 Å². The largest absolute Gasteiger partial charge is 0.444 e. The molecule has 1 aliphatic rings. The van der Waals surface area contributed by atoms with Crippen molar-refractivity contribution in [3.05, 3.63) is 42.7 Å². The highest BCUT2D eigenvalue weighted by Gasteiger charge is 2.26. The van der Waals surface area contributed by atoms with Gasteiger partial charge in [0.15, 0.2) is 0 Å². The Labute approximate surface area is 148 Å². The average Bonchev–Trinajstić information content (AvgIpc) is 2.61. The van der Waals surface area contributed by atoms with Gasteiger partial charge in [0.05, 0.1) is 5.69 Å². The van der Waals surface area contributed by atoms with Crippen LogP contribution in [0.1, 0.15) is 20.8 Å². The molecule has 0 unspecified atom stereocenters. The number of anilines is 1. The molecule has 0 N–H and O–H groups in total. The Bertz CT molecular complexity index is 720. The topological polar surface area (TPSA) is 58.6 Å². The molecule has 0 aliphatic carbocycles. The number of carbonyl (C=O) groups excluding carboxylic acids is 1. The number of ether oxygens (including phenoxy) is 1. The van der Waals surface area contributed by atoms with Crippen molar-refractivity contribution in [1.29, 1.82) is 0 Å². The van der Waals surface area contributed by atoms with Crippen molar-refractivity contribution < 1.29 is 9.53 Å². The molecule has 0 bridgehead atoms. The summed E-state index contributed by atoms with van der Waals surface area (Å²) in [6, 6.07) is 12.0. The summed E-state index contributed by atoms with van der Waals surface area (Å²) in [6.07, 6.45) is 1.34. The Morgan fingerprint density at radius 1 is 1.04 bits per heavy atom. The van der Waals surface area contributed by atoms with Crippen molar-refractivity contribution in [3.8, 4) is 11.3 Å². The summed E-state index contributed by atoms with van der Waals surface area (Å²) in [5.74, 6) is 0.887. The third-order valence-electron chi connectivity index (χ3n) is 3.98. The van der Waals surface area contributed by atoms with Crippen LogP contribution in [0.3, 0.4) is 0 Å². The van der Waals surface area contributed by atoms with E-state index in [-0.39, 0.29) is 6.09 Å². The van der Waals surface area contributed by atoms with E-state index in [1.807, 2.05) is 57.2 Å². The summed E-state index contributed by atoms with van der Waals surface area (Å²) in [7, 11) is 0. The normalized spacial score (nSPS) is 15.2.